The van der Waals surface area contributed by atoms with E-state index < -0.39 is 17.6 Å². The number of thioether (sulfide) groups is 1. The maximum absolute atomic E-state index is 13.4. The molecule has 4 rings (SSSR count). The molecule has 7 nitrogen and oxygen atoms in total. The highest BCUT2D eigenvalue weighted by Crippen LogP contribution is 2.27. The zero-order valence-corrected chi connectivity index (χ0v) is 17.9. The Morgan fingerprint density at radius 2 is 1.45 bits per heavy atom. The fourth-order valence-electron chi connectivity index (χ4n) is 2.93. The number of carbonyl (C=O) groups excluding carboxylic acids is 2. The molecule has 0 bridgehead atoms. The van der Waals surface area contributed by atoms with E-state index in [9.17, 15) is 18.4 Å². The van der Waals surface area contributed by atoms with E-state index in [1.807, 2.05) is 30.3 Å². The number of rotatable bonds is 6. The van der Waals surface area contributed by atoms with Crippen LogP contribution in [0.2, 0.25) is 0 Å². The number of nitrogens with one attached hydrogen (secondary N) is 2. The lowest BCUT2D eigenvalue weighted by molar-refractivity contribution is -0.119. The number of hydrogen-bond donors (Lipinski definition) is 2. The first-order valence-corrected chi connectivity index (χ1v) is 10.7. The first-order chi connectivity index (χ1) is 16.0. The summed E-state index contributed by atoms with van der Waals surface area (Å²) in [7, 11) is 0. The summed E-state index contributed by atoms with van der Waals surface area (Å²) in [4.78, 5) is 24.3. The zero-order valence-electron chi connectivity index (χ0n) is 17.0. The van der Waals surface area contributed by atoms with Crippen LogP contribution < -0.4 is 10.9 Å². The van der Waals surface area contributed by atoms with Crippen LogP contribution in [-0.2, 0) is 4.79 Å². The topological polar surface area (TPSA) is 88.9 Å². The van der Waals surface area contributed by atoms with Gasteiger partial charge in [-0.1, -0.05) is 42.1 Å². The van der Waals surface area contributed by atoms with Gasteiger partial charge < -0.3 is 0 Å². The van der Waals surface area contributed by atoms with E-state index in [4.69, 9.17) is 0 Å². The number of amides is 2. The Hall–Kier alpha value is -4.05. The minimum atomic E-state index is -0.575. The molecule has 2 amide bonds. The van der Waals surface area contributed by atoms with Gasteiger partial charge in [0.05, 0.1) is 5.75 Å². The monoisotopic (exact) mass is 465 g/mol. The summed E-state index contributed by atoms with van der Waals surface area (Å²) >= 11 is 1.10. The Morgan fingerprint density at radius 3 is 2.12 bits per heavy atom. The highest BCUT2D eigenvalue weighted by atomic mass is 32.2. The molecule has 2 N–H and O–H groups in total. The second kappa shape index (κ2) is 10.0. The molecule has 0 spiro atoms. The molecule has 1 heterocycles. The fraction of sp³-hybridized carbons (Fsp3) is 0.0435. The normalized spacial score (nSPS) is 10.6. The van der Waals surface area contributed by atoms with Gasteiger partial charge in [-0.05, 0) is 48.5 Å². The largest absolute Gasteiger partial charge is 0.272 e. The van der Waals surface area contributed by atoms with E-state index in [2.05, 4.69) is 21.0 Å². The number of aromatic nitrogens is 3. The van der Waals surface area contributed by atoms with E-state index in [0.29, 0.717) is 16.7 Å². The van der Waals surface area contributed by atoms with Crippen molar-refractivity contribution in [3.8, 4) is 17.1 Å². The number of hydrazine groups is 1. The molecule has 166 valence electrons. The Bertz CT molecular complexity index is 1260. The van der Waals surface area contributed by atoms with Crippen LogP contribution in [0.4, 0.5) is 8.78 Å². The molecule has 33 heavy (non-hydrogen) atoms. The lowest BCUT2D eigenvalue weighted by Gasteiger charge is -2.11. The molecule has 0 aliphatic rings. The van der Waals surface area contributed by atoms with Gasteiger partial charge in [0.25, 0.3) is 5.91 Å². The number of carbonyl (C=O) groups is 2. The van der Waals surface area contributed by atoms with Gasteiger partial charge in [0.1, 0.15) is 11.6 Å². The van der Waals surface area contributed by atoms with Crippen LogP contribution in [0.3, 0.4) is 0 Å². The van der Waals surface area contributed by atoms with Crippen molar-refractivity contribution in [2.45, 2.75) is 5.16 Å². The summed E-state index contributed by atoms with van der Waals surface area (Å²) in [6.45, 7) is 0. The van der Waals surface area contributed by atoms with E-state index >= 15 is 0 Å². The molecule has 1 aromatic heterocycles. The van der Waals surface area contributed by atoms with E-state index in [0.717, 1.165) is 29.5 Å². The molecule has 0 aliphatic heterocycles. The highest BCUT2D eigenvalue weighted by molar-refractivity contribution is 7.99. The summed E-state index contributed by atoms with van der Waals surface area (Å²) in [5.41, 5.74) is 6.23. The van der Waals surface area contributed by atoms with Crippen LogP contribution in [0, 0.1) is 11.6 Å². The maximum atomic E-state index is 13.4. The standard InChI is InChI=1S/C23H17F2N5O2S/c24-17-8-6-16(7-9-17)22(32)28-26-20(31)14-33-23-29-27-21(15-4-2-1-3-5-15)30(23)19-12-10-18(25)11-13-19/h1-13H,14H2,(H,26,31)(H,28,32). The van der Waals surface area contributed by atoms with Gasteiger partial charge in [-0.25, -0.2) is 8.78 Å². The summed E-state index contributed by atoms with van der Waals surface area (Å²) in [5.74, 6) is -1.43. The Kier molecular flexibility index (Phi) is 6.75. The van der Waals surface area contributed by atoms with Crippen molar-refractivity contribution in [2.24, 2.45) is 0 Å². The molecular weight excluding hydrogens is 448 g/mol. The summed E-state index contributed by atoms with van der Waals surface area (Å²) in [6, 6.07) is 20.1. The molecule has 0 fully saturated rings. The van der Waals surface area contributed by atoms with Gasteiger partial charge in [-0.2, -0.15) is 0 Å². The summed E-state index contributed by atoms with van der Waals surface area (Å²) in [5, 5.41) is 8.86. The molecule has 0 aliphatic carbocycles. The number of hydrogen-bond acceptors (Lipinski definition) is 5. The molecule has 0 saturated heterocycles. The molecule has 0 saturated carbocycles. The van der Waals surface area contributed by atoms with Gasteiger partial charge in [0.15, 0.2) is 11.0 Å². The predicted molar refractivity (Wildman–Crippen MR) is 119 cm³/mol. The summed E-state index contributed by atoms with van der Waals surface area (Å²) in [6.07, 6.45) is 0. The maximum Gasteiger partial charge on any atom is 0.269 e. The molecule has 0 atom stereocenters. The first-order valence-electron chi connectivity index (χ1n) is 9.75. The van der Waals surface area contributed by atoms with E-state index in [-0.39, 0.29) is 17.1 Å². The molecule has 0 unspecified atom stereocenters. The van der Waals surface area contributed by atoms with Gasteiger partial charge in [-0.15, -0.1) is 10.2 Å². The molecule has 3 aromatic carbocycles. The number of benzene rings is 3. The molecular formula is C23H17F2N5O2S. The molecule has 4 aromatic rings. The van der Waals surface area contributed by atoms with Gasteiger partial charge in [0.2, 0.25) is 5.91 Å². The predicted octanol–water partition coefficient (Wildman–Crippen LogP) is 3.77. The minimum absolute atomic E-state index is 0.0716. The van der Waals surface area contributed by atoms with Gasteiger partial charge in [0, 0.05) is 16.8 Å². The van der Waals surface area contributed by atoms with Crippen molar-refractivity contribution in [1.82, 2.24) is 25.6 Å². The average molecular weight is 465 g/mol. The lowest BCUT2D eigenvalue weighted by atomic mass is 10.2. The second-order valence-electron chi connectivity index (χ2n) is 6.78. The van der Waals surface area contributed by atoms with Crippen LogP contribution in [0.1, 0.15) is 10.4 Å². The average Bonchev–Trinajstić information content (AvgIpc) is 3.26. The van der Waals surface area contributed by atoms with Crippen LogP contribution >= 0.6 is 11.8 Å². The Labute approximate surface area is 191 Å². The van der Waals surface area contributed by atoms with Crippen LogP contribution in [0.5, 0.6) is 0 Å². The first kappa shape index (κ1) is 22.2. The zero-order chi connectivity index (χ0) is 23.2. The van der Waals surface area contributed by atoms with Crippen molar-refractivity contribution in [3.63, 3.8) is 0 Å². The van der Waals surface area contributed by atoms with E-state index in [1.165, 1.54) is 24.3 Å². The Morgan fingerprint density at radius 1 is 0.818 bits per heavy atom. The van der Waals surface area contributed by atoms with Gasteiger partial charge >= 0.3 is 0 Å². The highest BCUT2D eigenvalue weighted by Gasteiger charge is 2.17. The summed E-state index contributed by atoms with van der Waals surface area (Å²) < 4.78 is 28.1. The number of halogens is 2. The van der Waals surface area contributed by atoms with Crippen molar-refractivity contribution in [2.75, 3.05) is 5.75 Å². The van der Waals surface area contributed by atoms with Crippen LogP contribution in [0.15, 0.2) is 84.0 Å². The van der Waals surface area contributed by atoms with E-state index in [1.54, 1.807) is 16.7 Å². The Balaban J connectivity index is 1.47. The third-order valence-electron chi connectivity index (χ3n) is 4.50. The lowest BCUT2D eigenvalue weighted by Crippen LogP contribution is -2.42. The minimum Gasteiger partial charge on any atom is -0.272 e. The smallest absolute Gasteiger partial charge is 0.269 e. The second-order valence-corrected chi connectivity index (χ2v) is 7.72. The third kappa shape index (κ3) is 5.42. The van der Waals surface area contributed by atoms with Crippen LogP contribution in [0.25, 0.3) is 17.1 Å². The van der Waals surface area contributed by atoms with Crippen molar-refractivity contribution >= 4 is 23.6 Å². The number of nitrogens with zero attached hydrogens (tertiary/aromatic N) is 3. The van der Waals surface area contributed by atoms with Gasteiger partial charge in [-0.3, -0.25) is 25.0 Å². The van der Waals surface area contributed by atoms with Crippen molar-refractivity contribution in [3.05, 3.63) is 96.1 Å². The fourth-order valence-corrected chi connectivity index (χ4v) is 3.68. The molecule has 0 radical (unpaired) electrons. The van der Waals surface area contributed by atoms with Crippen molar-refractivity contribution < 1.29 is 18.4 Å². The third-order valence-corrected chi connectivity index (χ3v) is 5.43. The molecule has 10 heteroatoms. The van der Waals surface area contributed by atoms with Crippen LogP contribution in [-0.4, -0.2) is 32.3 Å². The quantitative estimate of drug-likeness (QED) is 0.334. The SMILES string of the molecule is O=C(CSc1nnc(-c2ccccc2)n1-c1ccc(F)cc1)NNC(=O)c1ccc(F)cc1. The van der Waals surface area contributed by atoms with Crippen molar-refractivity contribution in [1.29, 1.82) is 0 Å².